The van der Waals surface area contributed by atoms with E-state index >= 15 is 0 Å². The molecular formula is C20H13N4O+. The van der Waals surface area contributed by atoms with Gasteiger partial charge in [-0.15, -0.1) is 0 Å². The highest BCUT2D eigenvalue weighted by Crippen LogP contribution is 2.36. The average Bonchev–Trinajstić information content (AvgIpc) is 3.30. The van der Waals surface area contributed by atoms with E-state index in [0.717, 1.165) is 45.9 Å². The van der Waals surface area contributed by atoms with Crippen LogP contribution in [-0.4, -0.2) is 14.5 Å². The van der Waals surface area contributed by atoms with Gasteiger partial charge in [-0.05, 0) is 30.3 Å². The van der Waals surface area contributed by atoms with E-state index in [1.165, 1.54) is 5.56 Å². The molecule has 0 spiro atoms. The molecule has 25 heavy (non-hydrogen) atoms. The van der Waals surface area contributed by atoms with Crippen LogP contribution < -0.4 is 4.57 Å². The third-order valence-corrected chi connectivity index (χ3v) is 4.84. The number of benzene rings is 1. The molecule has 0 aliphatic carbocycles. The molecular weight excluding hydrogens is 312 g/mol. The van der Waals surface area contributed by atoms with E-state index in [1.54, 1.807) is 0 Å². The molecule has 0 saturated carbocycles. The molecule has 0 atom stereocenters. The second kappa shape index (κ2) is 4.54. The van der Waals surface area contributed by atoms with Gasteiger partial charge in [-0.3, -0.25) is 4.98 Å². The maximum absolute atomic E-state index is 6.19. The number of aromatic nitrogens is 4. The van der Waals surface area contributed by atoms with Crippen LogP contribution in [0, 0.1) is 0 Å². The van der Waals surface area contributed by atoms with Gasteiger partial charge in [0.2, 0.25) is 5.52 Å². The Kier molecular flexibility index (Phi) is 2.34. The number of nitrogens with zero attached hydrogens (tertiary/aromatic N) is 4. The van der Waals surface area contributed by atoms with Gasteiger partial charge in [0.1, 0.15) is 12.2 Å². The zero-order valence-electron chi connectivity index (χ0n) is 13.3. The van der Waals surface area contributed by atoms with Crippen LogP contribution in [-0.2, 0) is 6.54 Å². The Morgan fingerprint density at radius 3 is 2.84 bits per heavy atom. The highest BCUT2D eigenvalue weighted by molar-refractivity contribution is 5.99. The Morgan fingerprint density at radius 2 is 1.92 bits per heavy atom. The number of hydrogen-bond acceptors (Lipinski definition) is 3. The normalized spacial score (nSPS) is 12.6. The Balaban J connectivity index is 1.84. The first-order chi connectivity index (χ1) is 12.4. The molecule has 5 nitrogen and oxygen atoms in total. The van der Waals surface area contributed by atoms with Gasteiger partial charge >= 0.3 is 5.71 Å². The Hall–Kier alpha value is -3.47. The Labute approximate surface area is 142 Å². The number of imidazole rings is 1. The lowest BCUT2D eigenvalue weighted by Crippen LogP contribution is -2.31. The maximum atomic E-state index is 6.19. The molecule has 4 aromatic heterocycles. The van der Waals surface area contributed by atoms with Crippen LogP contribution in [0.5, 0.6) is 0 Å². The van der Waals surface area contributed by atoms with Crippen LogP contribution in [0.2, 0.25) is 0 Å². The zero-order chi connectivity index (χ0) is 16.4. The van der Waals surface area contributed by atoms with E-state index in [2.05, 4.69) is 37.3 Å². The molecule has 0 amide bonds. The highest BCUT2D eigenvalue weighted by Gasteiger charge is 2.38. The van der Waals surface area contributed by atoms with E-state index < -0.39 is 0 Å². The minimum atomic E-state index is 0.781. The van der Waals surface area contributed by atoms with Crippen LogP contribution in [0.15, 0.2) is 71.5 Å². The predicted octanol–water partition coefficient (Wildman–Crippen LogP) is 3.48. The van der Waals surface area contributed by atoms with Crippen LogP contribution in [0.3, 0.4) is 0 Å². The molecule has 6 rings (SSSR count). The zero-order valence-corrected chi connectivity index (χ0v) is 13.3. The number of hydrogen-bond donors (Lipinski definition) is 0. The number of fused-ring (bicyclic) bond motifs is 7. The highest BCUT2D eigenvalue weighted by atomic mass is 16.3. The summed E-state index contributed by atoms with van der Waals surface area (Å²) in [5.74, 6) is 1.09. The molecule has 118 valence electrons. The molecule has 1 aliphatic heterocycles. The van der Waals surface area contributed by atoms with E-state index in [0.29, 0.717) is 0 Å². The van der Waals surface area contributed by atoms with E-state index in [1.807, 2.05) is 48.9 Å². The van der Waals surface area contributed by atoms with Gasteiger partial charge in [0, 0.05) is 24.2 Å². The first-order valence-corrected chi connectivity index (χ1v) is 8.22. The largest absolute Gasteiger partial charge is 0.417 e. The number of para-hydroxylation sites is 1. The molecule has 0 unspecified atom stereocenters. The molecule has 5 aromatic rings. The van der Waals surface area contributed by atoms with Crippen LogP contribution >= 0.6 is 0 Å². The second-order valence-corrected chi connectivity index (χ2v) is 6.22. The predicted molar refractivity (Wildman–Crippen MR) is 93.4 cm³/mol. The fraction of sp³-hybridized carbons (Fsp3) is 0.0500. The fourth-order valence-electron chi connectivity index (χ4n) is 3.79. The van der Waals surface area contributed by atoms with Crippen molar-refractivity contribution in [2.75, 3.05) is 0 Å². The standard InChI is InChI=1S/C20H13N4O/c1-2-5-14(6-3-1)24-18-17-16(7-4-9-22-17)25-20(18)23-12-13-8-10-21-11-15(13)19(23)24/h1-11H,12H2/q+1. The summed E-state index contributed by atoms with van der Waals surface area (Å²) < 4.78 is 10.6. The molecule has 0 bridgehead atoms. The van der Waals surface area contributed by atoms with Gasteiger partial charge < -0.3 is 4.42 Å². The molecule has 1 aromatic carbocycles. The summed E-state index contributed by atoms with van der Waals surface area (Å²) >= 11 is 0. The number of furan rings is 1. The van der Waals surface area contributed by atoms with Crippen molar-refractivity contribution in [3.8, 4) is 17.1 Å². The lowest BCUT2D eigenvalue weighted by Gasteiger charge is -2.01. The van der Waals surface area contributed by atoms with Gasteiger partial charge in [-0.1, -0.05) is 18.2 Å². The molecule has 0 saturated heterocycles. The molecule has 5 heteroatoms. The summed E-state index contributed by atoms with van der Waals surface area (Å²) in [5.41, 5.74) is 7.03. The van der Waals surface area contributed by atoms with Crippen molar-refractivity contribution < 1.29 is 8.98 Å². The average molecular weight is 325 g/mol. The van der Waals surface area contributed by atoms with Crippen molar-refractivity contribution in [2.24, 2.45) is 0 Å². The Bertz CT molecular complexity index is 1270. The third-order valence-electron chi connectivity index (χ3n) is 4.84. The van der Waals surface area contributed by atoms with E-state index in [4.69, 9.17) is 4.42 Å². The van der Waals surface area contributed by atoms with E-state index in [-0.39, 0.29) is 0 Å². The van der Waals surface area contributed by atoms with Crippen LogP contribution in [0.4, 0.5) is 0 Å². The molecule has 0 N–H and O–H groups in total. The van der Waals surface area contributed by atoms with Crippen molar-refractivity contribution in [2.45, 2.75) is 6.54 Å². The van der Waals surface area contributed by atoms with E-state index in [9.17, 15) is 0 Å². The Morgan fingerprint density at radius 1 is 1.00 bits per heavy atom. The lowest BCUT2D eigenvalue weighted by atomic mass is 10.1. The van der Waals surface area contributed by atoms with Crippen LogP contribution in [0.1, 0.15) is 5.56 Å². The summed E-state index contributed by atoms with van der Waals surface area (Å²) in [4.78, 5) is 8.91. The minimum absolute atomic E-state index is 0.781. The van der Waals surface area contributed by atoms with Crippen molar-refractivity contribution >= 4 is 22.3 Å². The minimum Gasteiger partial charge on any atom is -0.417 e. The molecule has 0 fully saturated rings. The van der Waals surface area contributed by atoms with Crippen molar-refractivity contribution in [1.82, 2.24) is 14.5 Å². The van der Waals surface area contributed by atoms with Crippen molar-refractivity contribution in [3.05, 3.63) is 72.7 Å². The second-order valence-electron chi connectivity index (χ2n) is 6.22. The smallest absolute Gasteiger partial charge is 0.341 e. The molecule has 0 radical (unpaired) electrons. The summed E-state index contributed by atoms with van der Waals surface area (Å²) in [6.45, 7) is 0.781. The third kappa shape index (κ3) is 1.59. The molecule has 5 heterocycles. The van der Waals surface area contributed by atoms with Crippen molar-refractivity contribution in [3.63, 3.8) is 0 Å². The fourth-order valence-corrected chi connectivity index (χ4v) is 3.79. The molecule has 1 aliphatic rings. The van der Waals surface area contributed by atoms with Crippen molar-refractivity contribution in [1.29, 1.82) is 0 Å². The summed E-state index contributed by atoms with van der Waals surface area (Å²) in [7, 11) is 0. The van der Waals surface area contributed by atoms with Crippen LogP contribution in [0.25, 0.3) is 39.4 Å². The lowest BCUT2D eigenvalue weighted by molar-refractivity contribution is -0.652. The summed E-state index contributed by atoms with van der Waals surface area (Å²) in [6.07, 6.45) is 5.59. The summed E-state index contributed by atoms with van der Waals surface area (Å²) in [5, 5.41) is 0. The first-order valence-electron chi connectivity index (χ1n) is 8.22. The van der Waals surface area contributed by atoms with Gasteiger partial charge in [-0.25, -0.2) is 4.98 Å². The SMILES string of the molecule is c1ccc(-n2c3[n+](c4oc5cccnc5c42)Cc2ccncc2-3)cc1. The van der Waals surface area contributed by atoms with Gasteiger partial charge in [0.05, 0.1) is 5.56 Å². The number of rotatable bonds is 1. The summed E-state index contributed by atoms with van der Waals surface area (Å²) in [6, 6.07) is 16.3. The van der Waals surface area contributed by atoms with Gasteiger partial charge in [0.15, 0.2) is 11.1 Å². The topological polar surface area (TPSA) is 47.7 Å². The monoisotopic (exact) mass is 325 g/mol. The quantitative estimate of drug-likeness (QED) is 0.435. The number of pyridine rings is 2. The van der Waals surface area contributed by atoms with Gasteiger partial charge in [-0.2, -0.15) is 9.13 Å². The maximum Gasteiger partial charge on any atom is 0.341 e. The first kappa shape index (κ1) is 12.9. The van der Waals surface area contributed by atoms with Gasteiger partial charge in [0.25, 0.3) is 5.82 Å².